The van der Waals surface area contributed by atoms with E-state index < -0.39 is 6.09 Å². The molecule has 2 aliphatic rings. The molecule has 0 aliphatic carbocycles. The van der Waals surface area contributed by atoms with Gasteiger partial charge in [0, 0.05) is 29.3 Å². The van der Waals surface area contributed by atoms with Gasteiger partial charge < -0.3 is 14.2 Å². The third kappa shape index (κ3) is 4.66. The predicted octanol–water partition coefficient (Wildman–Crippen LogP) is 6.27. The Morgan fingerprint density at radius 2 is 1.89 bits per heavy atom. The van der Waals surface area contributed by atoms with Crippen LogP contribution in [0.3, 0.4) is 0 Å². The number of pyridine rings is 1. The van der Waals surface area contributed by atoms with E-state index in [1.165, 1.54) is 10.5 Å². The molecule has 0 unspecified atom stereocenters. The summed E-state index contributed by atoms with van der Waals surface area (Å²) in [5.41, 5.74) is 5.20. The zero-order valence-electron chi connectivity index (χ0n) is 22.3. The van der Waals surface area contributed by atoms with Crippen LogP contribution in [0.15, 0.2) is 59.7 Å². The van der Waals surface area contributed by atoms with E-state index in [9.17, 15) is 4.79 Å². The number of methoxy groups -OCH3 is 1. The van der Waals surface area contributed by atoms with E-state index in [0.717, 1.165) is 46.7 Å². The summed E-state index contributed by atoms with van der Waals surface area (Å²) in [4.78, 5) is 24.2. The minimum Gasteiger partial charge on any atom is -0.493 e. The number of benzene rings is 2. The van der Waals surface area contributed by atoms with Gasteiger partial charge in [0.05, 0.1) is 30.7 Å². The van der Waals surface area contributed by atoms with Crippen molar-refractivity contribution in [1.29, 1.82) is 0 Å². The molecule has 2 aromatic carbocycles. The molecule has 7 nitrogen and oxygen atoms in total. The summed E-state index contributed by atoms with van der Waals surface area (Å²) in [5.74, 6) is 2.04. The van der Waals surface area contributed by atoms with Crippen LogP contribution < -0.4 is 14.4 Å². The highest BCUT2D eigenvalue weighted by molar-refractivity contribution is 6.16. The number of rotatable bonds is 5. The molecular formula is C30H33N3O4. The Bertz CT molecular complexity index is 1380. The predicted molar refractivity (Wildman–Crippen MR) is 145 cm³/mol. The maximum Gasteiger partial charge on any atom is 0.420 e. The fourth-order valence-electron chi connectivity index (χ4n) is 5.23. The van der Waals surface area contributed by atoms with Crippen molar-refractivity contribution in [3.8, 4) is 11.5 Å². The lowest BCUT2D eigenvalue weighted by Crippen LogP contribution is -2.31. The fraction of sp³-hybridized carbons (Fsp3) is 0.367. The number of carbonyl (C=O) groups excluding carboxylic acids is 1. The minimum atomic E-state index is -0.481. The number of anilines is 2. The van der Waals surface area contributed by atoms with Gasteiger partial charge in [-0.15, -0.1) is 0 Å². The first-order valence-electron chi connectivity index (χ1n) is 12.6. The van der Waals surface area contributed by atoms with Gasteiger partial charge in [0.15, 0.2) is 11.5 Å². The van der Waals surface area contributed by atoms with Gasteiger partial charge in [-0.2, -0.15) is 0 Å². The second kappa shape index (κ2) is 9.21. The lowest BCUT2D eigenvalue weighted by Gasteiger charge is -2.31. The quantitative estimate of drug-likeness (QED) is 0.414. The fourth-order valence-corrected chi connectivity index (χ4v) is 5.23. The maximum atomic E-state index is 13.0. The molecule has 1 aromatic heterocycles. The molecule has 0 saturated heterocycles. The van der Waals surface area contributed by atoms with E-state index in [4.69, 9.17) is 19.2 Å². The summed E-state index contributed by atoms with van der Waals surface area (Å²) in [6.45, 7) is 10.5. The number of fused-ring (bicyclic) bond motifs is 3. The summed E-state index contributed by atoms with van der Waals surface area (Å²) in [6, 6.07) is 15.4. The average Bonchev–Trinajstić information content (AvgIpc) is 3.18. The lowest BCUT2D eigenvalue weighted by atomic mass is 9.81. The van der Waals surface area contributed by atoms with Crippen LogP contribution in [-0.4, -0.2) is 41.6 Å². The van der Waals surface area contributed by atoms with Crippen molar-refractivity contribution in [1.82, 2.24) is 4.98 Å². The van der Waals surface area contributed by atoms with E-state index in [1.807, 2.05) is 36.4 Å². The van der Waals surface area contributed by atoms with Crippen molar-refractivity contribution in [2.75, 3.05) is 18.6 Å². The first-order chi connectivity index (χ1) is 17.6. The van der Waals surface area contributed by atoms with Crippen LogP contribution in [0.5, 0.6) is 11.5 Å². The van der Waals surface area contributed by atoms with Crippen LogP contribution in [-0.2, 0) is 17.6 Å². The highest BCUT2D eigenvalue weighted by Crippen LogP contribution is 2.48. The number of amides is 1. The molecular weight excluding hydrogens is 466 g/mol. The standard InChI is InChI=1S/C30H33N3O4/c1-7-36-28(34)33(24-13-8-9-14-31-24)21-12-10-11-19(15-21)26-25-20(17-29(2,3)32-26)16-23(35-6)27-22(25)18-30(4,5)37-27/h8-16H,7,17-18H2,1-6H3. The molecule has 0 fully saturated rings. The van der Waals surface area contributed by atoms with Gasteiger partial charge >= 0.3 is 6.09 Å². The molecule has 1 amide bonds. The molecule has 2 aliphatic heterocycles. The summed E-state index contributed by atoms with van der Waals surface area (Å²) in [7, 11) is 1.69. The SMILES string of the molecule is CCOC(=O)N(c1cccc(C2=NC(C)(C)Cc3cc(OC)c4c(c32)CC(C)(C)O4)c1)c1ccccn1. The van der Waals surface area contributed by atoms with Crippen LogP contribution >= 0.6 is 0 Å². The molecule has 3 heterocycles. The molecule has 0 spiro atoms. The first kappa shape index (κ1) is 24.8. The Labute approximate surface area is 218 Å². The highest BCUT2D eigenvalue weighted by Gasteiger charge is 2.39. The molecule has 37 heavy (non-hydrogen) atoms. The van der Waals surface area contributed by atoms with Crippen LogP contribution in [0.2, 0.25) is 0 Å². The van der Waals surface area contributed by atoms with Crippen molar-refractivity contribution in [3.05, 3.63) is 77.0 Å². The Hall–Kier alpha value is -3.87. The molecule has 7 heteroatoms. The molecule has 5 rings (SSSR count). The molecule has 0 saturated carbocycles. The second-order valence-corrected chi connectivity index (χ2v) is 10.7. The topological polar surface area (TPSA) is 73.2 Å². The third-order valence-electron chi connectivity index (χ3n) is 6.61. The van der Waals surface area contributed by atoms with Crippen molar-refractivity contribution in [2.45, 2.75) is 58.6 Å². The molecule has 3 aromatic rings. The van der Waals surface area contributed by atoms with Gasteiger partial charge in [-0.1, -0.05) is 18.2 Å². The Balaban J connectivity index is 1.68. The number of nitrogens with zero attached hydrogens (tertiary/aromatic N) is 3. The van der Waals surface area contributed by atoms with E-state index in [0.29, 0.717) is 11.5 Å². The number of carbonyl (C=O) groups is 1. The van der Waals surface area contributed by atoms with Gasteiger partial charge in [0.25, 0.3) is 0 Å². The Morgan fingerprint density at radius 1 is 1.08 bits per heavy atom. The zero-order valence-corrected chi connectivity index (χ0v) is 22.3. The lowest BCUT2D eigenvalue weighted by molar-refractivity contribution is 0.134. The number of hydrogen-bond donors (Lipinski definition) is 0. The number of ether oxygens (including phenoxy) is 3. The minimum absolute atomic E-state index is 0.264. The molecule has 0 N–H and O–H groups in total. The largest absolute Gasteiger partial charge is 0.493 e. The number of aliphatic imine (C=N–C) groups is 1. The van der Waals surface area contributed by atoms with Crippen LogP contribution in [0.25, 0.3) is 0 Å². The van der Waals surface area contributed by atoms with Crippen LogP contribution in [0.1, 0.15) is 56.9 Å². The van der Waals surface area contributed by atoms with Crippen molar-refractivity contribution < 1.29 is 19.0 Å². The highest BCUT2D eigenvalue weighted by atomic mass is 16.6. The van der Waals surface area contributed by atoms with Crippen molar-refractivity contribution in [3.63, 3.8) is 0 Å². The van der Waals surface area contributed by atoms with Gasteiger partial charge in [-0.3, -0.25) is 4.99 Å². The summed E-state index contributed by atoms with van der Waals surface area (Å²) < 4.78 is 17.5. The van der Waals surface area contributed by atoms with Crippen molar-refractivity contribution >= 4 is 23.3 Å². The smallest absolute Gasteiger partial charge is 0.420 e. The van der Waals surface area contributed by atoms with Gasteiger partial charge in [-0.05, 0) is 76.9 Å². The summed E-state index contributed by atoms with van der Waals surface area (Å²) in [6.07, 6.45) is 2.72. The van der Waals surface area contributed by atoms with Crippen LogP contribution in [0, 0.1) is 0 Å². The molecule has 0 bridgehead atoms. The Kier molecular flexibility index (Phi) is 6.18. The van der Waals surface area contributed by atoms with E-state index in [1.54, 1.807) is 26.3 Å². The maximum absolute atomic E-state index is 13.0. The summed E-state index contributed by atoms with van der Waals surface area (Å²) in [5, 5.41) is 0. The van der Waals surface area contributed by atoms with Gasteiger partial charge in [-0.25, -0.2) is 14.7 Å². The first-order valence-corrected chi connectivity index (χ1v) is 12.6. The zero-order chi connectivity index (χ0) is 26.4. The average molecular weight is 500 g/mol. The third-order valence-corrected chi connectivity index (χ3v) is 6.61. The van der Waals surface area contributed by atoms with E-state index >= 15 is 0 Å². The van der Waals surface area contributed by atoms with Crippen LogP contribution in [0.4, 0.5) is 16.3 Å². The van der Waals surface area contributed by atoms with Gasteiger partial charge in [0.2, 0.25) is 0 Å². The van der Waals surface area contributed by atoms with E-state index in [-0.39, 0.29) is 17.7 Å². The molecule has 0 radical (unpaired) electrons. The Morgan fingerprint density at radius 3 is 2.59 bits per heavy atom. The number of aromatic nitrogens is 1. The molecule has 192 valence electrons. The normalized spacial score (nSPS) is 16.6. The monoisotopic (exact) mass is 499 g/mol. The second-order valence-electron chi connectivity index (χ2n) is 10.7. The van der Waals surface area contributed by atoms with Gasteiger partial charge in [0.1, 0.15) is 11.4 Å². The summed E-state index contributed by atoms with van der Waals surface area (Å²) >= 11 is 0. The van der Waals surface area contributed by atoms with E-state index in [2.05, 4.69) is 38.7 Å². The van der Waals surface area contributed by atoms with Crippen molar-refractivity contribution in [2.24, 2.45) is 4.99 Å². The molecule has 0 atom stereocenters. The number of hydrogen-bond acceptors (Lipinski definition) is 6.